The average Bonchev–Trinajstić information content (AvgIpc) is 3.37. The van der Waals surface area contributed by atoms with Crippen molar-refractivity contribution in [2.75, 3.05) is 0 Å². The monoisotopic (exact) mass is 446 g/mol. The van der Waals surface area contributed by atoms with Crippen molar-refractivity contribution in [3.63, 3.8) is 0 Å². The number of benzene rings is 2. The summed E-state index contributed by atoms with van der Waals surface area (Å²) in [5, 5.41) is 8.02. The molecule has 0 saturated heterocycles. The van der Waals surface area contributed by atoms with Gasteiger partial charge in [-0.15, -0.1) is 11.3 Å². The molecule has 3 nitrogen and oxygen atoms in total. The lowest BCUT2D eigenvalue weighted by Gasteiger charge is -2.08. The van der Waals surface area contributed by atoms with Crippen molar-refractivity contribution in [2.24, 2.45) is 5.16 Å². The number of nitrogens with zero attached hydrogens (tertiary/aromatic N) is 2. The number of unbranched alkanes of at least 4 members (excludes halogenated alkanes) is 3. The van der Waals surface area contributed by atoms with Gasteiger partial charge < -0.3 is 4.84 Å². The number of hydrogen-bond donors (Lipinski definition) is 0. The summed E-state index contributed by atoms with van der Waals surface area (Å²) in [6, 6.07) is 15.4. The highest BCUT2D eigenvalue weighted by Crippen LogP contribution is 2.37. The molecule has 3 aromatic rings. The van der Waals surface area contributed by atoms with E-state index < -0.39 is 0 Å². The van der Waals surface area contributed by atoms with Crippen molar-refractivity contribution < 1.29 is 4.84 Å². The van der Waals surface area contributed by atoms with Gasteiger partial charge in [-0.05, 0) is 62.3 Å². The normalized spacial score (nSPS) is 13.8. The summed E-state index contributed by atoms with van der Waals surface area (Å²) in [6.45, 7) is 8.46. The van der Waals surface area contributed by atoms with Gasteiger partial charge in [0.05, 0.1) is 10.7 Å². The quantitative estimate of drug-likeness (QED) is 0.184. The second kappa shape index (κ2) is 10.4. The maximum atomic E-state index is 5.64. The average molecular weight is 447 g/mol. The van der Waals surface area contributed by atoms with Crippen LogP contribution in [0, 0.1) is 0 Å². The summed E-state index contributed by atoms with van der Waals surface area (Å²) in [4.78, 5) is 10.4. The third-order valence-electron chi connectivity index (χ3n) is 5.88. The molecule has 0 aliphatic heterocycles. The van der Waals surface area contributed by atoms with Gasteiger partial charge in [0.15, 0.2) is 0 Å². The molecule has 0 radical (unpaired) electrons. The molecule has 4 rings (SSSR count). The standard InChI is InChI=1S/C28H34N2OS/c1-19(2)28-29-22(18-32-28)12-8-6-5-7-11-21-15-16-24-23-13-9-10-14-25(23)27(26(24)17-21)30-31-20(3)4/h9-10,13-20H,5-8,11-12H2,1-4H3/b30-27-. The lowest BCUT2D eigenvalue weighted by Crippen LogP contribution is -2.04. The number of aromatic nitrogens is 1. The molecule has 0 fully saturated rings. The summed E-state index contributed by atoms with van der Waals surface area (Å²) in [6.07, 6.45) is 7.25. The van der Waals surface area contributed by atoms with E-state index in [9.17, 15) is 0 Å². The van der Waals surface area contributed by atoms with Crippen LogP contribution in [0.2, 0.25) is 0 Å². The third kappa shape index (κ3) is 5.29. The fraction of sp³-hybridized carbons (Fsp3) is 0.429. The van der Waals surface area contributed by atoms with Crippen molar-refractivity contribution in [3.05, 3.63) is 75.2 Å². The molecule has 2 aromatic carbocycles. The van der Waals surface area contributed by atoms with Crippen LogP contribution in [0.1, 0.15) is 86.7 Å². The van der Waals surface area contributed by atoms with E-state index in [0.29, 0.717) is 5.92 Å². The highest BCUT2D eigenvalue weighted by molar-refractivity contribution is 7.09. The Morgan fingerprint density at radius 1 is 0.844 bits per heavy atom. The Hall–Kier alpha value is -2.46. The fourth-order valence-corrected chi connectivity index (χ4v) is 5.06. The van der Waals surface area contributed by atoms with Gasteiger partial charge in [-0.3, -0.25) is 0 Å². The van der Waals surface area contributed by atoms with Crippen LogP contribution in [0.3, 0.4) is 0 Å². The molecule has 0 bridgehead atoms. The van der Waals surface area contributed by atoms with Crippen LogP contribution in [-0.2, 0) is 17.7 Å². The number of fused-ring (bicyclic) bond motifs is 3. The van der Waals surface area contributed by atoms with Crippen LogP contribution in [0.25, 0.3) is 11.1 Å². The van der Waals surface area contributed by atoms with E-state index in [0.717, 1.165) is 18.6 Å². The molecular formula is C28H34N2OS. The highest BCUT2D eigenvalue weighted by Gasteiger charge is 2.25. The Morgan fingerprint density at radius 3 is 2.28 bits per heavy atom. The Morgan fingerprint density at radius 2 is 1.56 bits per heavy atom. The van der Waals surface area contributed by atoms with Crippen molar-refractivity contribution in [1.82, 2.24) is 4.98 Å². The molecule has 1 aromatic heterocycles. The van der Waals surface area contributed by atoms with Gasteiger partial charge in [0.1, 0.15) is 11.8 Å². The molecule has 0 N–H and O–H groups in total. The van der Waals surface area contributed by atoms with Crippen LogP contribution in [0.4, 0.5) is 0 Å². The van der Waals surface area contributed by atoms with Gasteiger partial charge >= 0.3 is 0 Å². The Kier molecular flexibility index (Phi) is 7.41. The van der Waals surface area contributed by atoms with Crippen LogP contribution >= 0.6 is 11.3 Å². The fourth-order valence-electron chi connectivity index (χ4n) is 4.20. The molecule has 1 aliphatic carbocycles. The zero-order valence-corrected chi connectivity index (χ0v) is 20.5. The van der Waals surface area contributed by atoms with Gasteiger partial charge in [0.25, 0.3) is 0 Å². The number of oxime groups is 1. The van der Waals surface area contributed by atoms with Gasteiger partial charge in [-0.25, -0.2) is 4.98 Å². The molecule has 32 heavy (non-hydrogen) atoms. The van der Waals surface area contributed by atoms with Crippen LogP contribution in [0.5, 0.6) is 0 Å². The molecule has 0 unspecified atom stereocenters. The van der Waals surface area contributed by atoms with E-state index >= 15 is 0 Å². The zero-order chi connectivity index (χ0) is 22.5. The minimum absolute atomic E-state index is 0.0723. The molecule has 0 spiro atoms. The summed E-state index contributed by atoms with van der Waals surface area (Å²) in [5.74, 6) is 0.538. The Labute approximate surface area is 196 Å². The zero-order valence-electron chi connectivity index (χ0n) is 19.7. The second-order valence-corrected chi connectivity index (χ2v) is 10.2. The minimum atomic E-state index is 0.0723. The maximum absolute atomic E-state index is 5.64. The van der Waals surface area contributed by atoms with E-state index in [1.807, 2.05) is 13.8 Å². The lowest BCUT2D eigenvalue weighted by atomic mass is 9.99. The number of rotatable bonds is 10. The molecule has 168 valence electrons. The van der Waals surface area contributed by atoms with Crippen molar-refractivity contribution in [1.29, 1.82) is 0 Å². The predicted octanol–water partition coefficient (Wildman–Crippen LogP) is 7.77. The third-order valence-corrected chi connectivity index (χ3v) is 7.07. The molecule has 0 amide bonds. The van der Waals surface area contributed by atoms with Crippen LogP contribution in [0.15, 0.2) is 53.0 Å². The Balaban J connectivity index is 1.32. The van der Waals surface area contributed by atoms with E-state index in [-0.39, 0.29) is 6.10 Å². The molecule has 0 saturated carbocycles. The van der Waals surface area contributed by atoms with E-state index in [1.54, 1.807) is 11.3 Å². The first-order valence-electron chi connectivity index (χ1n) is 11.9. The first kappa shape index (κ1) is 22.7. The first-order chi connectivity index (χ1) is 15.5. The molecule has 1 heterocycles. The molecule has 0 atom stereocenters. The lowest BCUT2D eigenvalue weighted by molar-refractivity contribution is 0.0863. The van der Waals surface area contributed by atoms with E-state index in [1.165, 1.54) is 64.2 Å². The second-order valence-electron chi connectivity index (χ2n) is 9.27. The number of hydrogen-bond acceptors (Lipinski definition) is 4. The molecule has 4 heteroatoms. The Bertz CT molecular complexity index is 1080. The summed E-state index contributed by atoms with van der Waals surface area (Å²) in [7, 11) is 0. The van der Waals surface area contributed by atoms with E-state index in [2.05, 4.69) is 66.8 Å². The maximum Gasteiger partial charge on any atom is 0.122 e. The largest absolute Gasteiger partial charge is 0.393 e. The van der Waals surface area contributed by atoms with Gasteiger partial charge in [-0.1, -0.05) is 68.2 Å². The SMILES string of the molecule is CC(C)O/N=C1/c2ccccc2-c2ccc(CCCCCCc3csc(C(C)C)n3)cc21. The number of aryl methyl sites for hydroxylation is 2. The van der Waals surface area contributed by atoms with Gasteiger partial charge in [-0.2, -0.15) is 0 Å². The first-order valence-corrected chi connectivity index (χ1v) is 12.8. The minimum Gasteiger partial charge on any atom is -0.393 e. The number of thiazole rings is 1. The predicted molar refractivity (Wildman–Crippen MR) is 136 cm³/mol. The topological polar surface area (TPSA) is 34.5 Å². The van der Waals surface area contributed by atoms with Gasteiger partial charge in [0, 0.05) is 22.4 Å². The summed E-state index contributed by atoms with van der Waals surface area (Å²) >= 11 is 1.80. The van der Waals surface area contributed by atoms with Crippen LogP contribution in [-0.4, -0.2) is 16.8 Å². The van der Waals surface area contributed by atoms with Crippen molar-refractivity contribution >= 4 is 17.0 Å². The van der Waals surface area contributed by atoms with E-state index in [4.69, 9.17) is 9.82 Å². The van der Waals surface area contributed by atoms with Crippen molar-refractivity contribution in [2.45, 2.75) is 78.2 Å². The van der Waals surface area contributed by atoms with Crippen molar-refractivity contribution in [3.8, 4) is 11.1 Å². The molecule has 1 aliphatic rings. The van der Waals surface area contributed by atoms with Gasteiger partial charge in [0.2, 0.25) is 0 Å². The smallest absolute Gasteiger partial charge is 0.122 e. The highest BCUT2D eigenvalue weighted by atomic mass is 32.1. The summed E-state index contributed by atoms with van der Waals surface area (Å²) in [5.41, 5.74) is 8.51. The van der Waals surface area contributed by atoms with Crippen LogP contribution < -0.4 is 0 Å². The molecular weight excluding hydrogens is 412 g/mol. The summed E-state index contributed by atoms with van der Waals surface area (Å²) < 4.78 is 0.